The van der Waals surface area contributed by atoms with Gasteiger partial charge in [-0.05, 0) is 31.9 Å². The van der Waals surface area contributed by atoms with Crippen molar-refractivity contribution in [3.63, 3.8) is 0 Å². The molecule has 0 unspecified atom stereocenters. The zero-order valence-electron chi connectivity index (χ0n) is 11.3. The average molecular weight is 270 g/mol. The van der Waals surface area contributed by atoms with Crippen LogP contribution in [0.3, 0.4) is 0 Å². The van der Waals surface area contributed by atoms with Crippen molar-refractivity contribution >= 4 is 10.0 Å². The van der Waals surface area contributed by atoms with Crippen LogP contribution in [0.15, 0.2) is 29.2 Å². The summed E-state index contributed by atoms with van der Waals surface area (Å²) >= 11 is 0. The van der Waals surface area contributed by atoms with Crippen LogP contribution in [0.25, 0.3) is 0 Å². The number of hydrogen-bond acceptors (Lipinski definition) is 3. The first kappa shape index (κ1) is 15.1. The molecule has 0 bridgehead atoms. The van der Waals surface area contributed by atoms with Gasteiger partial charge in [0.1, 0.15) is 0 Å². The van der Waals surface area contributed by atoms with Crippen LogP contribution in [-0.2, 0) is 16.6 Å². The highest BCUT2D eigenvalue weighted by atomic mass is 32.2. The van der Waals surface area contributed by atoms with Crippen molar-refractivity contribution < 1.29 is 8.42 Å². The molecule has 2 N–H and O–H groups in total. The second-order valence-electron chi connectivity index (χ2n) is 4.52. The van der Waals surface area contributed by atoms with Crippen LogP contribution in [0, 0.1) is 0 Å². The molecule has 0 spiro atoms. The molecule has 0 amide bonds. The van der Waals surface area contributed by atoms with Gasteiger partial charge >= 0.3 is 0 Å². The van der Waals surface area contributed by atoms with Crippen LogP contribution in [0.5, 0.6) is 0 Å². The summed E-state index contributed by atoms with van der Waals surface area (Å²) in [4.78, 5) is 0.328. The third kappa shape index (κ3) is 3.10. The number of rotatable bonds is 6. The Morgan fingerprint density at radius 3 is 2.39 bits per heavy atom. The predicted octanol–water partition coefficient (Wildman–Crippen LogP) is 1.95. The number of benzene rings is 1. The molecular weight excluding hydrogens is 248 g/mol. The summed E-state index contributed by atoms with van der Waals surface area (Å²) in [6.45, 7) is 6.50. The van der Waals surface area contributed by atoms with Gasteiger partial charge in [-0.1, -0.05) is 25.1 Å². The minimum absolute atomic E-state index is 0.0548. The molecule has 1 rings (SSSR count). The average Bonchev–Trinajstić information content (AvgIpc) is 2.35. The van der Waals surface area contributed by atoms with Crippen LogP contribution >= 0.6 is 0 Å². The van der Waals surface area contributed by atoms with Crippen molar-refractivity contribution in [1.29, 1.82) is 0 Å². The van der Waals surface area contributed by atoms with E-state index in [1.807, 2.05) is 20.8 Å². The molecule has 102 valence electrons. The van der Waals surface area contributed by atoms with E-state index in [1.165, 1.54) is 4.31 Å². The summed E-state index contributed by atoms with van der Waals surface area (Å²) in [7, 11) is -3.45. The Hall–Kier alpha value is -0.910. The lowest BCUT2D eigenvalue weighted by molar-refractivity contribution is 0.354. The number of nitrogens with zero attached hydrogens (tertiary/aromatic N) is 1. The normalized spacial score (nSPS) is 12.3. The van der Waals surface area contributed by atoms with Crippen LogP contribution in [0.4, 0.5) is 0 Å². The highest BCUT2D eigenvalue weighted by molar-refractivity contribution is 7.89. The monoisotopic (exact) mass is 270 g/mol. The van der Waals surface area contributed by atoms with Gasteiger partial charge in [-0.15, -0.1) is 0 Å². The zero-order chi connectivity index (χ0) is 13.8. The van der Waals surface area contributed by atoms with Crippen molar-refractivity contribution in [1.82, 2.24) is 4.31 Å². The molecule has 0 saturated heterocycles. The minimum Gasteiger partial charge on any atom is -0.326 e. The van der Waals surface area contributed by atoms with E-state index in [0.717, 1.165) is 6.42 Å². The molecule has 4 nitrogen and oxygen atoms in total. The summed E-state index contributed by atoms with van der Waals surface area (Å²) in [5.74, 6) is 0. The van der Waals surface area contributed by atoms with Crippen molar-refractivity contribution in [2.75, 3.05) is 6.54 Å². The van der Waals surface area contributed by atoms with E-state index < -0.39 is 10.0 Å². The van der Waals surface area contributed by atoms with Gasteiger partial charge in [-0.2, -0.15) is 4.31 Å². The quantitative estimate of drug-likeness (QED) is 0.859. The molecule has 0 aliphatic carbocycles. The first-order valence-corrected chi connectivity index (χ1v) is 7.69. The molecule has 0 heterocycles. The maximum atomic E-state index is 12.6. The Kier molecular flexibility index (Phi) is 5.31. The molecule has 0 aliphatic heterocycles. The Morgan fingerprint density at radius 1 is 1.28 bits per heavy atom. The fraction of sp³-hybridized carbons (Fsp3) is 0.538. The van der Waals surface area contributed by atoms with E-state index >= 15 is 0 Å². The van der Waals surface area contributed by atoms with Crippen LogP contribution < -0.4 is 5.73 Å². The fourth-order valence-electron chi connectivity index (χ4n) is 1.93. The largest absolute Gasteiger partial charge is 0.326 e. The van der Waals surface area contributed by atoms with Crippen molar-refractivity contribution in [3.05, 3.63) is 29.8 Å². The summed E-state index contributed by atoms with van der Waals surface area (Å²) in [5, 5.41) is 0. The van der Waals surface area contributed by atoms with Crippen LogP contribution in [0.2, 0.25) is 0 Å². The van der Waals surface area contributed by atoms with E-state index in [1.54, 1.807) is 24.3 Å². The number of nitrogens with two attached hydrogens (primary N) is 1. The summed E-state index contributed by atoms with van der Waals surface area (Å²) in [6, 6.07) is 6.87. The predicted molar refractivity (Wildman–Crippen MR) is 73.7 cm³/mol. The van der Waals surface area contributed by atoms with Gasteiger partial charge in [0, 0.05) is 19.1 Å². The molecule has 0 saturated carbocycles. The maximum absolute atomic E-state index is 12.6. The topological polar surface area (TPSA) is 63.4 Å². The van der Waals surface area contributed by atoms with Gasteiger partial charge in [-0.3, -0.25) is 0 Å². The fourth-order valence-corrected chi connectivity index (χ4v) is 3.89. The molecule has 0 atom stereocenters. The number of sulfonamides is 1. The molecule has 0 fully saturated rings. The van der Waals surface area contributed by atoms with Gasteiger partial charge in [0.05, 0.1) is 4.90 Å². The van der Waals surface area contributed by atoms with Gasteiger partial charge < -0.3 is 5.73 Å². The molecule has 1 aromatic carbocycles. The smallest absolute Gasteiger partial charge is 0.243 e. The van der Waals surface area contributed by atoms with E-state index in [9.17, 15) is 8.42 Å². The van der Waals surface area contributed by atoms with Crippen molar-refractivity contribution in [2.24, 2.45) is 5.73 Å². The Morgan fingerprint density at radius 2 is 1.89 bits per heavy atom. The Bertz CT molecular complexity index is 484. The van der Waals surface area contributed by atoms with E-state index in [-0.39, 0.29) is 12.6 Å². The second-order valence-corrected chi connectivity index (χ2v) is 6.38. The third-order valence-corrected chi connectivity index (χ3v) is 4.97. The SMILES string of the molecule is CCCN(C(C)C)S(=O)(=O)c1ccccc1CN. The lowest BCUT2D eigenvalue weighted by Gasteiger charge is -2.26. The van der Waals surface area contributed by atoms with Gasteiger partial charge in [0.2, 0.25) is 10.0 Å². The zero-order valence-corrected chi connectivity index (χ0v) is 12.1. The first-order chi connectivity index (χ1) is 8.45. The van der Waals surface area contributed by atoms with E-state index in [4.69, 9.17) is 5.73 Å². The number of hydrogen-bond donors (Lipinski definition) is 1. The third-order valence-electron chi connectivity index (χ3n) is 2.80. The van der Waals surface area contributed by atoms with Crippen LogP contribution in [0.1, 0.15) is 32.8 Å². The minimum atomic E-state index is -3.45. The second kappa shape index (κ2) is 6.31. The summed E-state index contributed by atoms with van der Waals surface area (Å²) in [5.41, 5.74) is 6.28. The molecular formula is C13H22N2O2S. The molecule has 1 aromatic rings. The molecule has 0 aromatic heterocycles. The first-order valence-electron chi connectivity index (χ1n) is 6.25. The van der Waals surface area contributed by atoms with Crippen LogP contribution in [-0.4, -0.2) is 25.3 Å². The molecule has 0 aliphatic rings. The summed E-state index contributed by atoms with van der Waals surface area (Å²) in [6.07, 6.45) is 0.794. The van der Waals surface area contributed by atoms with E-state index in [2.05, 4.69) is 0 Å². The Balaban J connectivity index is 3.26. The molecule has 5 heteroatoms. The van der Waals surface area contributed by atoms with Crippen molar-refractivity contribution in [2.45, 2.75) is 44.7 Å². The highest BCUT2D eigenvalue weighted by Crippen LogP contribution is 2.22. The van der Waals surface area contributed by atoms with E-state index in [0.29, 0.717) is 17.0 Å². The Labute approximate surface area is 110 Å². The van der Waals surface area contributed by atoms with Gasteiger partial charge in [0.15, 0.2) is 0 Å². The molecule has 18 heavy (non-hydrogen) atoms. The van der Waals surface area contributed by atoms with Crippen molar-refractivity contribution in [3.8, 4) is 0 Å². The lowest BCUT2D eigenvalue weighted by atomic mass is 10.2. The maximum Gasteiger partial charge on any atom is 0.243 e. The molecule has 0 radical (unpaired) electrons. The van der Waals surface area contributed by atoms with Gasteiger partial charge in [0.25, 0.3) is 0 Å². The summed E-state index contributed by atoms with van der Waals surface area (Å²) < 4.78 is 26.8. The lowest BCUT2D eigenvalue weighted by Crippen LogP contribution is -2.38. The van der Waals surface area contributed by atoms with Gasteiger partial charge in [-0.25, -0.2) is 8.42 Å². The highest BCUT2D eigenvalue weighted by Gasteiger charge is 2.27. The standard InChI is InChI=1S/C13H22N2O2S/c1-4-9-15(11(2)3)18(16,17)13-8-6-5-7-12(13)10-14/h5-8,11H,4,9-10,14H2,1-3H3.